The molecule has 1 aliphatic heterocycles. The van der Waals surface area contributed by atoms with E-state index in [2.05, 4.69) is 15.4 Å². The number of nitrogens with one attached hydrogen (secondary N) is 3. The first kappa shape index (κ1) is 32.1. The van der Waals surface area contributed by atoms with Crippen molar-refractivity contribution in [3.05, 3.63) is 87.2 Å². The van der Waals surface area contributed by atoms with Crippen LogP contribution in [0.4, 0.5) is 0 Å². The summed E-state index contributed by atoms with van der Waals surface area (Å²) in [7, 11) is -0.235. The molecular weight excluding hydrogens is 575 g/mol. The van der Waals surface area contributed by atoms with Crippen molar-refractivity contribution in [1.29, 1.82) is 0 Å². The van der Waals surface area contributed by atoms with E-state index in [9.17, 15) is 19.2 Å². The van der Waals surface area contributed by atoms with Gasteiger partial charge in [-0.25, -0.2) is 9.88 Å². The number of esters is 1. The van der Waals surface area contributed by atoms with Crippen molar-refractivity contribution in [3.63, 3.8) is 0 Å². The normalized spacial score (nSPS) is 19.5. The van der Waals surface area contributed by atoms with E-state index in [4.69, 9.17) is 18.5 Å². The average Bonchev–Trinajstić information content (AvgIpc) is 3.35. The topological polar surface area (TPSA) is 150 Å². The smallest absolute Gasteiger partial charge is 0.330 e. The van der Waals surface area contributed by atoms with Gasteiger partial charge in [-0.1, -0.05) is 31.2 Å². The molecule has 3 N–H and O–H groups in total. The molecule has 2 heterocycles. The summed E-state index contributed by atoms with van der Waals surface area (Å²) in [5.74, 6) is -0.123. The monoisotopic (exact) mass is 612 g/mol. The molecule has 1 amide bonds. The van der Waals surface area contributed by atoms with Crippen LogP contribution in [0.3, 0.4) is 0 Å². The number of nitrogens with zero attached hydrogens (tertiary/aromatic N) is 1. The third-order valence-electron chi connectivity index (χ3n) is 6.69. The number of H-pyrrole nitrogens is 1. The van der Waals surface area contributed by atoms with Crippen LogP contribution in [0.2, 0.25) is 0 Å². The quantitative estimate of drug-likeness (QED) is 0.205. The largest absolute Gasteiger partial charge is 0.462 e. The highest BCUT2D eigenvalue weighted by Crippen LogP contribution is 2.40. The van der Waals surface area contributed by atoms with E-state index in [0.717, 1.165) is 11.1 Å². The van der Waals surface area contributed by atoms with E-state index >= 15 is 0 Å². The second-order valence-corrected chi connectivity index (χ2v) is 11.8. The van der Waals surface area contributed by atoms with E-state index < -0.39 is 38.0 Å². The Balaban J connectivity index is 1.45. The minimum Gasteiger partial charge on any atom is -0.462 e. The summed E-state index contributed by atoms with van der Waals surface area (Å²) in [6.45, 7) is 7.30. The predicted octanol–water partition coefficient (Wildman–Crippen LogP) is 3.74. The lowest BCUT2D eigenvalue weighted by atomic mass is 10.0. The van der Waals surface area contributed by atoms with Gasteiger partial charge < -0.3 is 23.8 Å². The minimum atomic E-state index is -1.82. The molecule has 0 spiro atoms. The molecule has 1 fully saturated rings. The Morgan fingerprint density at radius 3 is 2.51 bits per heavy atom. The third-order valence-corrected chi connectivity index (χ3v) is 8.05. The van der Waals surface area contributed by atoms with Gasteiger partial charge in [-0.2, -0.15) is 0 Å². The van der Waals surface area contributed by atoms with E-state index in [1.165, 1.54) is 16.8 Å². The Hall–Kier alpha value is -3.83. The zero-order valence-electron chi connectivity index (χ0n) is 24.7. The molecule has 230 valence electrons. The van der Waals surface area contributed by atoms with Gasteiger partial charge in [0.2, 0.25) is 0 Å². The van der Waals surface area contributed by atoms with E-state index in [1.54, 1.807) is 46.0 Å². The van der Waals surface area contributed by atoms with E-state index in [0.29, 0.717) is 17.7 Å². The predicted molar refractivity (Wildman–Crippen MR) is 162 cm³/mol. The number of carbonyl (C=O) groups excluding carboxylic acids is 2. The maximum atomic E-state index is 12.5. The SMILES string of the molecule is CNC(=O)c1cccc(-c2ccc(OP(N[C@@H](C)C(=O)OC(C)C)OCC3C[C@H](C)C(n4ccc(=O)[nH]c4=O)O3)cc2)c1. The summed E-state index contributed by atoms with van der Waals surface area (Å²) in [6.07, 6.45) is 0.827. The first-order valence-corrected chi connectivity index (χ1v) is 15.2. The number of amides is 1. The van der Waals surface area contributed by atoms with Crippen LogP contribution < -0.4 is 26.2 Å². The number of hydrogen-bond donors (Lipinski definition) is 3. The second-order valence-electron chi connectivity index (χ2n) is 10.5. The van der Waals surface area contributed by atoms with Crippen LogP contribution in [0, 0.1) is 5.92 Å². The fourth-order valence-electron chi connectivity index (χ4n) is 4.57. The number of ether oxygens (including phenoxy) is 2. The lowest BCUT2D eigenvalue weighted by Gasteiger charge is -2.24. The van der Waals surface area contributed by atoms with Gasteiger partial charge in [0, 0.05) is 30.8 Å². The van der Waals surface area contributed by atoms with Crippen molar-refractivity contribution in [2.24, 2.45) is 5.92 Å². The van der Waals surface area contributed by atoms with Crippen LogP contribution in [-0.4, -0.2) is 53.3 Å². The number of benzene rings is 2. The van der Waals surface area contributed by atoms with Crippen molar-refractivity contribution in [2.75, 3.05) is 13.7 Å². The highest BCUT2D eigenvalue weighted by atomic mass is 31.2. The molecule has 1 saturated heterocycles. The van der Waals surface area contributed by atoms with Gasteiger partial charge in [0.15, 0.2) is 0 Å². The average molecular weight is 613 g/mol. The van der Waals surface area contributed by atoms with Crippen molar-refractivity contribution >= 4 is 20.4 Å². The summed E-state index contributed by atoms with van der Waals surface area (Å²) in [6, 6.07) is 15.2. The molecule has 3 aromatic rings. The number of carbonyl (C=O) groups is 2. The van der Waals surface area contributed by atoms with Gasteiger partial charge >= 0.3 is 20.2 Å². The molecule has 0 aliphatic carbocycles. The summed E-state index contributed by atoms with van der Waals surface area (Å²) in [5.41, 5.74) is 1.30. The first-order chi connectivity index (χ1) is 20.5. The van der Waals surface area contributed by atoms with Crippen molar-refractivity contribution < 1.29 is 28.1 Å². The molecule has 12 nitrogen and oxygen atoms in total. The number of rotatable bonds is 12. The Kier molecular flexibility index (Phi) is 10.9. The number of hydrogen-bond acceptors (Lipinski definition) is 9. The van der Waals surface area contributed by atoms with Crippen LogP contribution in [0.5, 0.6) is 5.75 Å². The van der Waals surface area contributed by atoms with Gasteiger partial charge in [0.1, 0.15) is 18.0 Å². The van der Waals surface area contributed by atoms with Crippen molar-refractivity contribution in [2.45, 2.75) is 58.6 Å². The molecule has 43 heavy (non-hydrogen) atoms. The molecular formula is C30H37N4O8P. The zero-order chi connectivity index (χ0) is 31.1. The van der Waals surface area contributed by atoms with Crippen LogP contribution in [0.15, 0.2) is 70.4 Å². The highest BCUT2D eigenvalue weighted by molar-refractivity contribution is 7.45. The molecule has 0 saturated carbocycles. The van der Waals surface area contributed by atoms with Gasteiger partial charge in [0.25, 0.3) is 11.5 Å². The van der Waals surface area contributed by atoms with Crippen LogP contribution >= 0.6 is 8.53 Å². The van der Waals surface area contributed by atoms with E-state index in [1.807, 2.05) is 37.3 Å². The standard InChI is InChI=1S/C30H37N4O8P/c1-18(2)40-29(37)20(4)33-43(39-17-25-15-19(3)28(41-25)34-14-13-26(35)32-30(34)38)42-24-11-9-21(10-12-24)22-7-6-8-23(16-22)27(36)31-5/h6-14,16,18-20,25,28,33H,15,17H2,1-5H3,(H,31,36)(H,32,35,38)/t19-,20-,25?,28?,43?/m0/s1. The molecule has 13 heteroatoms. The molecule has 0 radical (unpaired) electrons. The second kappa shape index (κ2) is 14.6. The van der Waals surface area contributed by atoms with Gasteiger partial charge in [-0.15, -0.1) is 0 Å². The molecule has 3 unspecified atom stereocenters. The summed E-state index contributed by atoms with van der Waals surface area (Å²) in [5, 5.41) is 5.71. The third kappa shape index (κ3) is 8.61. The van der Waals surface area contributed by atoms with Gasteiger partial charge in [-0.3, -0.25) is 23.9 Å². The van der Waals surface area contributed by atoms with Crippen molar-refractivity contribution in [3.8, 4) is 16.9 Å². The van der Waals surface area contributed by atoms with E-state index in [-0.39, 0.29) is 30.6 Å². The van der Waals surface area contributed by atoms with Crippen molar-refractivity contribution in [1.82, 2.24) is 20.0 Å². The van der Waals surface area contributed by atoms with Crippen LogP contribution in [0.25, 0.3) is 11.1 Å². The summed E-state index contributed by atoms with van der Waals surface area (Å²) in [4.78, 5) is 50.6. The fourth-order valence-corrected chi connectivity index (χ4v) is 5.78. The molecule has 0 bridgehead atoms. The Morgan fingerprint density at radius 2 is 1.84 bits per heavy atom. The lowest BCUT2D eigenvalue weighted by molar-refractivity contribution is -0.149. The number of aromatic amines is 1. The fraction of sp³-hybridized carbons (Fsp3) is 0.400. The van der Waals surface area contributed by atoms with Gasteiger partial charge in [-0.05, 0) is 62.6 Å². The molecule has 1 aromatic heterocycles. The maximum absolute atomic E-state index is 12.5. The number of aromatic nitrogens is 2. The molecule has 2 aromatic carbocycles. The van der Waals surface area contributed by atoms with Crippen LogP contribution in [-0.2, 0) is 18.8 Å². The molecule has 5 atom stereocenters. The summed E-state index contributed by atoms with van der Waals surface area (Å²) < 4.78 is 25.1. The van der Waals surface area contributed by atoms with Crippen LogP contribution in [0.1, 0.15) is 50.7 Å². The Bertz CT molecular complexity index is 1520. The minimum absolute atomic E-state index is 0.0216. The Labute approximate surface area is 250 Å². The maximum Gasteiger partial charge on any atom is 0.330 e. The highest BCUT2D eigenvalue weighted by Gasteiger charge is 2.35. The summed E-state index contributed by atoms with van der Waals surface area (Å²) >= 11 is 0. The van der Waals surface area contributed by atoms with Gasteiger partial charge in [0.05, 0.1) is 18.8 Å². The first-order valence-electron chi connectivity index (χ1n) is 14.0. The lowest BCUT2D eigenvalue weighted by Crippen LogP contribution is -2.35. The zero-order valence-corrected chi connectivity index (χ0v) is 25.6. The molecule has 1 aliphatic rings. The molecule has 4 rings (SSSR count). The Morgan fingerprint density at radius 1 is 1.09 bits per heavy atom.